The molecule has 116 valence electrons. The van der Waals surface area contributed by atoms with Crippen LogP contribution in [0, 0.1) is 0 Å². The summed E-state index contributed by atoms with van der Waals surface area (Å²) in [6, 6.07) is 18.4. The van der Waals surface area contributed by atoms with Crippen molar-refractivity contribution in [2.24, 2.45) is 0 Å². The van der Waals surface area contributed by atoms with Gasteiger partial charge in [-0.15, -0.1) is 0 Å². The first-order valence-corrected chi connectivity index (χ1v) is 8.57. The Kier molecular flexibility index (Phi) is 3.71. The number of hydrogen-bond acceptors (Lipinski definition) is 4. The average Bonchev–Trinajstić information content (AvgIpc) is 2.92. The molecule has 1 fully saturated rings. The smallest absolute Gasteiger partial charge is 0.222 e. The van der Waals surface area contributed by atoms with Crippen LogP contribution in [0.15, 0.2) is 54.6 Å². The SMILES string of the molecule is O=C1CC(c2ccccc2)N(c2nc3ccccc3s2)CCN1. The van der Waals surface area contributed by atoms with Crippen LogP contribution in [-0.4, -0.2) is 24.0 Å². The molecule has 2 heterocycles. The monoisotopic (exact) mass is 323 g/mol. The number of hydrogen-bond donors (Lipinski definition) is 1. The minimum Gasteiger partial charge on any atom is -0.354 e. The molecule has 1 N–H and O–H groups in total. The molecule has 1 saturated heterocycles. The van der Waals surface area contributed by atoms with Crippen molar-refractivity contribution in [3.8, 4) is 0 Å². The summed E-state index contributed by atoms with van der Waals surface area (Å²) in [5.41, 5.74) is 2.17. The Morgan fingerprint density at radius 3 is 2.70 bits per heavy atom. The minimum atomic E-state index is 0.0271. The number of benzene rings is 2. The Morgan fingerprint density at radius 1 is 1.09 bits per heavy atom. The molecule has 2 aromatic carbocycles. The fourth-order valence-corrected chi connectivity index (χ4v) is 4.06. The second kappa shape index (κ2) is 6.01. The van der Waals surface area contributed by atoms with Gasteiger partial charge in [-0.2, -0.15) is 0 Å². The minimum absolute atomic E-state index is 0.0271. The number of nitrogens with zero attached hydrogens (tertiary/aromatic N) is 2. The van der Waals surface area contributed by atoms with Crippen LogP contribution in [0.3, 0.4) is 0 Å². The van der Waals surface area contributed by atoms with Gasteiger partial charge in [-0.25, -0.2) is 4.98 Å². The third kappa shape index (κ3) is 2.80. The van der Waals surface area contributed by atoms with E-state index in [-0.39, 0.29) is 11.9 Å². The predicted octanol–water partition coefficient (Wildman–Crippen LogP) is 3.36. The quantitative estimate of drug-likeness (QED) is 0.786. The van der Waals surface area contributed by atoms with E-state index >= 15 is 0 Å². The third-order valence-electron chi connectivity index (χ3n) is 4.14. The molecule has 3 aromatic rings. The largest absolute Gasteiger partial charge is 0.354 e. The second-order valence-electron chi connectivity index (χ2n) is 5.64. The highest BCUT2D eigenvalue weighted by atomic mass is 32.1. The molecule has 1 unspecified atom stereocenters. The fraction of sp³-hybridized carbons (Fsp3) is 0.222. The van der Waals surface area contributed by atoms with Gasteiger partial charge in [0.2, 0.25) is 5.91 Å². The Hall–Kier alpha value is -2.40. The van der Waals surface area contributed by atoms with E-state index in [1.54, 1.807) is 11.3 Å². The lowest BCUT2D eigenvalue weighted by Gasteiger charge is -2.29. The molecular weight excluding hydrogens is 306 g/mol. The molecule has 1 aliphatic heterocycles. The molecule has 0 radical (unpaired) electrons. The van der Waals surface area contributed by atoms with Crippen molar-refractivity contribution >= 4 is 32.6 Å². The number of thiazole rings is 1. The van der Waals surface area contributed by atoms with E-state index in [1.165, 1.54) is 4.70 Å². The van der Waals surface area contributed by atoms with Gasteiger partial charge >= 0.3 is 0 Å². The summed E-state index contributed by atoms with van der Waals surface area (Å²) in [6.07, 6.45) is 0.458. The molecule has 0 saturated carbocycles. The molecule has 1 amide bonds. The number of carbonyl (C=O) groups is 1. The summed E-state index contributed by atoms with van der Waals surface area (Å²) in [6.45, 7) is 1.42. The number of carbonyl (C=O) groups excluding carboxylic acids is 1. The highest BCUT2D eigenvalue weighted by Gasteiger charge is 2.28. The van der Waals surface area contributed by atoms with Gasteiger partial charge in [0.05, 0.1) is 22.7 Å². The van der Waals surface area contributed by atoms with Crippen LogP contribution in [0.1, 0.15) is 18.0 Å². The Balaban J connectivity index is 1.77. The van der Waals surface area contributed by atoms with Crippen LogP contribution in [0.5, 0.6) is 0 Å². The van der Waals surface area contributed by atoms with Crippen molar-refractivity contribution in [2.45, 2.75) is 12.5 Å². The number of rotatable bonds is 2. The Morgan fingerprint density at radius 2 is 1.87 bits per heavy atom. The summed E-state index contributed by atoms with van der Waals surface area (Å²) >= 11 is 1.69. The van der Waals surface area contributed by atoms with E-state index in [1.807, 2.05) is 36.4 Å². The molecule has 1 aromatic heterocycles. The second-order valence-corrected chi connectivity index (χ2v) is 6.65. The molecule has 0 bridgehead atoms. The van der Waals surface area contributed by atoms with Gasteiger partial charge in [-0.05, 0) is 17.7 Å². The van der Waals surface area contributed by atoms with Crippen LogP contribution >= 0.6 is 11.3 Å². The fourth-order valence-electron chi connectivity index (χ4n) is 3.01. The standard InChI is InChI=1S/C18H17N3OS/c22-17-12-15(13-6-2-1-3-7-13)21(11-10-19-17)18-20-14-8-4-5-9-16(14)23-18/h1-9,15H,10-12H2,(H,19,22). The normalized spacial score (nSPS) is 18.7. The lowest BCUT2D eigenvalue weighted by Crippen LogP contribution is -2.30. The van der Waals surface area contributed by atoms with E-state index in [4.69, 9.17) is 4.98 Å². The molecule has 5 heteroatoms. The van der Waals surface area contributed by atoms with Gasteiger partial charge in [0.1, 0.15) is 0 Å². The lowest BCUT2D eigenvalue weighted by atomic mass is 10.0. The van der Waals surface area contributed by atoms with E-state index in [0.717, 1.165) is 22.8 Å². The van der Waals surface area contributed by atoms with E-state index in [0.29, 0.717) is 13.0 Å². The molecule has 1 aliphatic rings. The molecule has 23 heavy (non-hydrogen) atoms. The molecule has 0 aliphatic carbocycles. The zero-order valence-corrected chi connectivity index (χ0v) is 13.4. The van der Waals surface area contributed by atoms with Crippen LogP contribution in [0.2, 0.25) is 0 Å². The topological polar surface area (TPSA) is 45.2 Å². The maximum Gasteiger partial charge on any atom is 0.222 e. The van der Waals surface area contributed by atoms with Crippen molar-refractivity contribution in [2.75, 3.05) is 18.0 Å². The number of fused-ring (bicyclic) bond motifs is 1. The maximum absolute atomic E-state index is 12.1. The molecule has 4 rings (SSSR count). The van der Waals surface area contributed by atoms with Gasteiger partial charge in [0, 0.05) is 13.1 Å². The van der Waals surface area contributed by atoms with Gasteiger partial charge in [-0.3, -0.25) is 4.79 Å². The number of nitrogens with one attached hydrogen (secondary N) is 1. The highest BCUT2D eigenvalue weighted by molar-refractivity contribution is 7.22. The first-order valence-electron chi connectivity index (χ1n) is 7.75. The highest BCUT2D eigenvalue weighted by Crippen LogP contribution is 2.35. The number of para-hydroxylation sites is 1. The third-order valence-corrected chi connectivity index (χ3v) is 5.22. The van der Waals surface area contributed by atoms with Crippen LogP contribution < -0.4 is 10.2 Å². The van der Waals surface area contributed by atoms with Gasteiger partial charge < -0.3 is 10.2 Å². The molecule has 4 nitrogen and oxygen atoms in total. The molecule has 1 atom stereocenters. The van der Waals surface area contributed by atoms with Crippen LogP contribution in [-0.2, 0) is 4.79 Å². The van der Waals surface area contributed by atoms with Crippen molar-refractivity contribution in [3.05, 3.63) is 60.2 Å². The van der Waals surface area contributed by atoms with E-state index < -0.39 is 0 Å². The van der Waals surface area contributed by atoms with Crippen molar-refractivity contribution in [1.82, 2.24) is 10.3 Å². The Bertz CT molecular complexity index is 797. The maximum atomic E-state index is 12.1. The average molecular weight is 323 g/mol. The molecular formula is C18H17N3OS. The predicted molar refractivity (Wildman–Crippen MR) is 93.8 cm³/mol. The van der Waals surface area contributed by atoms with Gasteiger partial charge in [0.15, 0.2) is 5.13 Å². The number of anilines is 1. The number of amides is 1. The summed E-state index contributed by atoms with van der Waals surface area (Å²) in [5, 5.41) is 3.96. The number of aromatic nitrogens is 1. The lowest BCUT2D eigenvalue weighted by molar-refractivity contribution is -0.121. The van der Waals surface area contributed by atoms with Gasteiger partial charge in [-0.1, -0.05) is 53.8 Å². The van der Waals surface area contributed by atoms with Crippen molar-refractivity contribution in [3.63, 3.8) is 0 Å². The van der Waals surface area contributed by atoms with Gasteiger partial charge in [0.25, 0.3) is 0 Å². The molecule has 0 spiro atoms. The van der Waals surface area contributed by atoms with E-state index in [2.05, 4.69) is 28.4 Å². The van der Waals surface area contributed by atoms with E-state index in [9.17, 15) is 4.79 Å². The zero-order valence-electron chi connectivity index (χ0n) is 12.6. The van der Waals surface area contributed by atoms with Crippen molar-refractivity contribution < 1.29 is 4.79 Å². The van der Waals surface area contributed by atoms with Crippen molar-refractivity contribution in [1.29, 1.82) is 0 Å². The van der Waals surface area contributed by atoms with Crippen LogP contribution in [0.4, 0.5) is 5.13 Å². The first kappa shape index (κ1) is 14.2. The summed E-state index contributed by atoms with van der Waals surface area (Å²) < 4.78 is 1.18. The van der Waals surface area contributed by atoms with Crippen LogP contribution in [0.25, 0.3) is 10.2 Å². The summed E-state index contributed by atoms with van der Waals surface area (Å²) in [5.74, 6) is 0.0995. The first-order chi connectivity index (χ1) is 11.3. The summed E-state index contributed by atoms with van der Waals surface area (Å²) in [7, 11) is 0. The summed E-state index contributed by atoms with van der Waals surface area (Å²) in [4.78, 5) is 19.1. The Labute approximate surface area is 138 Å². The zero-order chi connectivity index (χ0) is 15.6.